The van der Waals surface area contributed by atoms with Crippen LogP contribution in [0.15, 0.2) is 48.2 Å². The first-order chi connectivity index (χ1) is 9.29. The third-order valence-corrected chi connectivity index (χ3v) is 4.22. The van der Waals surface area contributed by atoms with E-state index in [0.717, 1.165) is 27.7 Å². The van der Waals surface area contributed by atoms with E-state index in [1.54, 1.807) is 11.3 Å². The minimum Gasteiger partial charge on any atom is -0.341 e. The molecule has 94 valence electrons. The molecule has 0 saturated carbocycles. The molecule has 3 heterocycles. The van der Waals surface area contributed by atoms with E-state index < -0.39 is 0 Å². The Balaban J connectivity index is 1.78. The molecule has 0 atom stereocenters. The van der Waals surface area contributed by atoms with Crippen LogP contribution >= 0.6 is 22.9 Å². The van der Waals surface area contributed by atoms with Gasteiger partial charge in [-0.3, -0.25) is 4.40 Å². The van der Waals surface area contributed by atoms with Crippen molar-refractivity contribution in [2.45, 2.75) is 6.54 Å². The number of nitrogens with zero attached hydrogens (tertiary/aromatic N) is 3. The van der Waals surface area contributed by atoms with Crippen molar-refractivity contribution in [1.82, 2.24) is 14.0 Å². The number of halogens is 1. The molecule has 0 aliphatic carbocycles. The molecule has 0 N–H and O–H groups in total. The molecule has 3 nitrogen and oxygen atoms in total. The van der Waals surface area contributed by atoms with E-state index in [0.29, 0.717) is 0 Å². The molecule has 3 aromatic heterocycles. The SMILES string of the molecule is Clc1ccc2ccn(Cc3cn4ccsc4n3)c2c1. The van der Waals surface area contributed by atoms with Gasteiger partial charge < -0.3 is 4.57 Å². The van der Waals surface area contributed by atoms with Crippen molar-refractivity contribution in [3.8, 4) is 0 Å². The molecule has 0 unspecified atom stereocenters. The van der Waals surface area contributed by atoms with Crippen molar-refractivity contribution in [2.24, 2.45) is 0 Å². The Bertz CT molecular complexity index is 843. The Morgan fingerprint density at radius 2 is 2.16 bits per heavy atom. The lowest BCUT2D eigenvalue weighted by atomic mass is 10.2. The van der Waals surface area contributed by atoms with Gasteiger partial charge in [0.15, 0.2) is 4.96 Å². The van der Waals surface area contributed by atoms with Crippen LogP contribution < -0.4 is 0 Å². The van der Waals surface area contributed by atoms with Crippen LogP contribution in [0.25, 0.3) is 15.9 Å². The molecule has 5 heteroatoms. The van der Waals surface area contributed by atoms with Crippen LogP contribution in [0.3, 0.4) is 0 Å². The molecule has 4 aromatic rings. The van der Waals surface area contributed by atoms with E-state index >= 15 is 0 Å². The molecule has 0 bridgehead atoms. The molecule has 19 heavy (non-hydrogen) atoms. The number of thiazole rings is 1. The lowest BCUT2D eigenvalue weighted by Gasteiger charge is -2.03. The zero-order valence-electron chi connectivity index (χ0n) is 9.95. The summed E-state index contributed by atoms with van der Waals surface area (Å²) in [6.45, 7) is 0.762. The quantitative estimate of drug-likeness (QED) is 0.545. The van der Waals surface area contributed by atoms with Crippen molar-refractivity contribution in [3.05, 3.63) is 59.0 Å². The summed E-state index contributed by atoms with van der Waals surface area (Å²) in [6.07, 6.45) is 6.18. The van der Waals surface area contributed by atoms with Crippen LogP contribution in [-0.4, -0.2) is 14.0 Å². The minimum absolute atomic E-state index is 0.762. The molecular weight excluding hydrogens is 278 g/mol. The number of aromatic nitrogens is 3. The van der Waals surface area contributed by atoms with Crippen LogP contribution in [0.2, 0.25) is 5.02 Å². The number of benzene rings is 1. The Kier molecular flexibility index (Phi) is 2.40. The fourth-order valence-corrected chi connectivity index (χ4v) is 3.21. The van der Waals surface area contributed by atoms with Gasteiger partial charge in [-0.2, -0.15) is 0 Å². The van der Waals surface area contributed by atoms with Crippen LogP contribution in [-0.2, 0) is 6.54 Å². The van der Waals surface area contributed by atoms with E-state index in [9.17, 15) is 0 Å². The summed E-state index contributed by atoms with van der Waals surface area (Å²) < 4.78 is 4.23. The fourth-order valence-electron chi connectivity index (χ4n) is 2.32. The standard InChI is InChI=1S/C14H10ClN3S/c15-11-2-1-10-3-4-17(13(10)7-11)8-12-9-18-5-6-19-14(18)16-12/h1-7,9H,8H2. The monoisotopic (exact) mass is 287 g/mol. The molecule has 0 saturated heterocycles. The summed E-state index contributed by atoms with van der Waals surface area (Å²) in [6, 6.07) is 8.06. The summed E-state index contributed by atoms with van der Waals surface area (Å²) in [5.74, 6) is 0. The summed E-state index contributed by atoms with van der Waals surface area (Å²) in [4.78, 5) is 5.64. The number of fused-ring (bicyclic) bond motifs is 2. The highest BCUT2D eigenvalue weighted by atomic mass is 35.5. The van der Waals surface area contributed by atoms with Crippen LogP contribution in [0.1, 0.15) is 5.69 Å². The zero-order valence-corrected chi connectivity index (χ0v) is 11.5. The average molecular weight is 288 g/mol. The first kappa shape index (κ1) is 11.1. The second kappa shape index (κ2) is 4.11. The molecule has 0 fully saturated rings. The van der Waals surface area contributed by atoms with Gasteiger partial charge in [0.1, 0.15) is 0 Å². The highest BCUT2D eigenvalue weighted by Crippen LogP contribution is 2.21. The number of rotatable bonds is 2. The second-order valence-electron chi connectivity index (χ2n) is 4.47. The number of hydrogen-bond acceptors (Lipinski definition) is 2. The second-order valence-corrected chi connectivity index (χ2v) is 5.78. The van der Waals surface area contributed by atoms with E-state index in [-0.39, 0.29) is 0 Å². The number of imidazole rings is 1. The van der Waals surface area contributed by atoms with E-state index in [2.05, 4.69) is 32.4 Å². The largest absolute Gasteiger partial charge is 0.341 e. The van der Waals surface area contributed by atoms with Gasteiger partial charge in [-0.25, -0.2) is 4.98 Å². The summed E-state index contributed by atoms with van der Waals surface area (Å²) in [5, 5.41) is 4.00. The first-order valence-corrected chi connectivity index (χ1v) is 7.21. The highest BCUT2D eigenvalue weighted by molar-refractivity contribution is 7.15. The van der Waals surface area contributed by atoms with Crippen molar-refractivity contribution >= 4 is 38.8 Å². The maximum absolute atomic E-state index is 6.07. The van der Waals surface area contributed by atoms with Gasteiger partial charge in [0.05, 0.1) is 12.2 Å². The maximum Gasteiger partial charge on any atom is 0.193 e. The lowest BCUT2D eigenvalue weighted by Crippen LogP contribution is -1.97. The van der Waals surface area contributed by atoms with Gasteiger partial charge in [-0.1, -0.05) is 17.7 Å². The normalized spacial score (nSPS) is 11.6. The van der Waals surface area contributed by atoms with Crippen LogP contribution in [0.4, 0.5) is 0 Å². The van der Waals surface area contributed by atoms with Crippen molar-refractivity contribution < 1.29 is 0 Å². The van der Waals surface area contributed by atoms with Gasteiger partial charge in [0.25, 0.3) is 0 Å². The molecule has 4 rings (SSSR count). The fraction of sp³-hybridized carbons (Fsp3) is 0.0714. The van der Waals surface area contributed by atoms with E-state index in [1.807, 2.05) is 29.8 Å². The van der Waals surface area contributed by atoms with Crippen molar-refractivity contribution in [3.63, 3.8) is 0 Å². The van der Waals surface area contributed by atoms with Gasteiger partial charge in [-0.15, -0.1) is 11.3 Å². The Morgan fingerprint density at radius 1 is 1.21 bits per heavy atom. The molecule has 0 radical (unpaired) electrons. The molecular formula is C14H10ClN3S. The lowest BCUT2D eigenvalue weighted by molar-refractivity contribution is 0.815. The molecule has 0 aliphatic rings. The molecule has 0 spiro atoms. The summed E-state index contributed by atoms with van der Waals surface area (Å²) >= 11 is 7.71. The van der Waals surface area contributed by atoms with Crippen LogP contribution in [0, 0.1) is 0 Å². The van der Waals surface area contributed by atoms with Crippen LogP contribution in [0.5, 0.6) is 0 Å². The molecule has 0 amide bonds. The maximum atomic E-state index is 6.07. The van der Waals surface area contributed by atoms with Crippen molar-refractivity contribution in [2.75, 3.05) is 0 Å². The topological polar surface area (TPSA) is 22.2 Å². The third-order valence-electron chi connectivity index (χ3n) is 3.21. The van der Waals surface area contributed by atoms with E-state index in [1.165, 1.54) is 5.39 Å². The van der Waals surface area contributed by atoms with Gasteiger partial charge in [0, 0.05) is 34.5 Å². The smallest absolute Gasteiger partial charge is 0.193 e. The van der Waals surface area contributed by atoms with Crippen molar-refractivity contribution in [1.29, 1.82) is 0 Å². The zero-order chi connectivity index (χ0) is 12.8. The summed E-state index contributed by atoms with van der Waals surface area (Å²) in [5.41, 5.74) is 2.20. The Labute approximate surface area is 118 Å². The van der Waals surface area contributed by atoms with Gasteiger partial charge >= 0.3 is 0 Å². The van der Waals surface area contributed by atoms with E-state index in [4.69, 9.17) is 11.6 Å². The molecule has 0 aliphatic heterocycles. The minimum atomic E-state index is 0.762. The van der Waals surface area contributed by atoms with Gasteiger partial charge in [-0.05, 0) is 23.6 Å². The third kappa shape index (κ3) is 1.84. The average Bonchev–Trinajstić information content (AvgIpc) is 3.04. The molecule has 1 aromatic carbocycles. The Morgan fingerprint density at radius 3 is 3.05 bits per heavy atom. The summed E-state index contributed by atoms with van der Waals surface area (Å²) in [7, 11) is 0. The predicted molar refractivity (Wildman–Crippen MR) is 79.1 cm³/mol. The number of hydrogen-bond donors (Lipinski definition) is 0. The Hall–Kier alpha value is -1.78. The van der Waals surface area contributed by atoms with Gasteiger partial charge in [0.2, 0.25) is 0 Å². The predicted octanol–water partition coefficient (Wildman–Crippen LogP) is 4.05. The highest BCUT2D eigenvalue weighted by Gasteiger charge is 2.06. The first-order valence-electron chi connectivity index (χ1n) is 5.95.